The van der Waals surface area contributed by atoms with Crippen LogP contribution in [0.5, 0.6) is 0 Å². The summed E-state index contributed by atoms with van der Waals surface area (Å²) >= 11 is 0. The molecule has 1 aliphatic rings. The van der Waals surface area contributed by atoms with Crippen molar-refractivity contribution < 1.29 is 9.18 Å². The minimum atomic E-state index is -0.352. The topological polar surface area (TPSA) is 65.2 Å². The van der Waals surface area contributed by atoms with Gasteiger partial charge in [-0.15, -0.1) is 0 Å². The zero-order valence-electron chi connectivity index (χ0n) is 16.2. The summed E-state index contributed by atoms with van der Waals surface area (Å²) in [5.41, 5.74) is 2.92. The summed E-state index contributed by atoms with van der Waals surface area (Å²) in [6.45, 7) is 3.42. The highest BCUT2D eigenvalue weighted by Crippen LogP contribution is 2.19. The molecule has 5 nitrogen and oxygen atoms in total. The van der Waals surface area contributed by atoms with Gasteiger partial charge in [0.15, 0.2) is 0 Å². The van der Waals surface area contributed by atoms with Gasteiger partial charge in [-0.1, -0.05) is 6.07 Å². The number of carbonyl (C=O) groups excluding carboxylic acids is 1. The largest absolute Gasteiger partial charge is 0.361 e. The van der Waals surface area contributed by atoms with E-state index < -0.39 is 0 Å². The molecule has 0 unspecified atom stereocenters. The number of nitrogens with zero attached hydrogens (tertiary/aromatic N) is 1. The van der Waals surface area contributed by atoms with Crippen molar-refractivity contribution in [1.82, 2.24) is 9.88 Å². The SMILES string of the molecule is C/C(=C\Nc1cccc(C(=O)N2CCCC2)c1)c1cc2cc(F)ccc2[nH]c1=O. The van der Waals surface area contributed by atoms with Gasteiger partial charge in [-0.25, -0.2) is 4.39 Å². The van der Waals surface area contributed by atoms with Crippen LogP contribution in [0.25, 0.3) is 16.5 Å². The van der Waals surface area contributed by atoms with E-state index in [4.69, 9.17) is 0 Å². The van der Waals surface area contributed by atoms with Crippen LogP contribution in [0.1, 0.15) is 35.7 Å². The maximum Gasteiger partial charge on any atom is 0.256 e. The van der Waals surface area contributed by atoms with Gasteiger partial charge < -0.3 is 15.2 Å². The zero-order valence-corrected chi connectivity index (χ0v) is 16.2. The second-order valence-corrected chi connectivity index (χ2v) is 7.30. The molecular formula is C23H22FN3O2. The lowest BCUT2D eigenvalue weighted by atomic mass is 10.1. The molecule has 6 heteroatoms. The fourth-order valence-electron chi connectivity index (χ4n) is 3.58. The van der Waals surface area contributed by atoms with Crippen LogP contribution in [0, 0.1) is 5.82 Å². The molecule has 0 bridgehead atoms. The van der Waals surface area contributed by atoms with E-state index in [1.165, 1.54) is 12.1 Å². The molecule has 4 rings (SSSR count). The molecule has 0 aliphatic carbocycles. The number of halogens is 1. The Labute approximate surface area is 167 Å². The molecule has 3 aromatic rings. The van der Waals surface area contributed by atoms with Gasteiger partial charge in [-0.05, 0) is 67.8 Å². The second kappa shape index (κ2) is 7.91. The van der Waals surface area contributed by atoms with Gasteiger partial charge in [0.25, 0.3) is 11.5 Å². The number of benzene rings is 2. The Hall–Kier alpha value is -3.41. The van der Waals surface area contributed by atoms with Gasteiger partial charge >= 0.3 is 0 Å². The Morgan fingerprint density at radius 3 is 2.72 bits per heavy atom. The molecule has 0 atom stereocenters. The molecule has 1 aliphatic heterocycles. The van der Waals surface area contributed by atoms with Gasteiger partial charge in [-0.3, -0.25) is 9.59 Å². The van der Waals surface area contributed by atoms with Crippen molar-refractivity contribution in [2.24, 2.45) is 0 Å². The van der Waals surface area contributed by atoms with Crippen LogP contribution >= 0.6 is 0 Å². The number of hydrogen-bond donors (Lipinski definition) is 2. The first-order chi connectivity index (χ1) is 14.0. The number of fused-ring (bicyclic) bond motifs is 1. The van der Waals surface area contributed by atoms with E-state index in [9.17, 15) is 14.0 Å². The van der Waals surface area contributed by atoms with E-state index in [1.54, 1.807) is 18.3 Å². The van der Waals surface area contributed by atoms with Crippen molar-refractivity contribution in [3.63, 3.8) is 0 Å². The molecular weight excluding hydrogens is 369 g/mol. The number of likely N-dealkylation sites (tertiary alicyclic amines) is 1. The van der Waals surface area contributed by atoms with E-state index in [-0.39, 0.29) is 17.3 Å². The van der Waals surface area contributed by atoms with E-state index >= 15 is 0 Å². The third-order valence-corrected chi connectivity index (χ3v) is 5.19. The Kier molecular flexibility index (Phi) is 5.16. The van der Waals surface area contributed by atoms with Crippen molar-refractivity contribution >= 4 is 28.1 Å². The van der Waals surface area contributed by atoms with Gasteiger partial charge in [0.2, 0.25) is 0 Å². The summed E-state index contributed by atoms with van der Waals surface area (Å²) < 4.78 is 13.5. The van der Waals surface area contributed by atoms with Crippen LogP contribution in [0.15, 0.2) is 59.5 Å². The molecule has 2 N–H and O–H groups in total. The molecule has 148 valence electrons. The highest BCUT2D eigenvalue weighted by atomic mass is 19.1. The molecule has 0 saturated carbocycles. The summed E-state index contributed by atoms with van der Waals surface area (Å²) in [5.74, 6) is -0.311. The third-order valence-electron chi connectivity index (χ3n) is 5.19. The van der Waals surface area contributed by atoms with Gasteiger partial charge in [-0.2, -0.15) is 0 Å². The number of aromatic amines is 1. The van der Waals surface area contributed by atoms with Crippen LogP contribution in [0.3, 0.4) is 0 Å². The Morgan fingerprint density at radius 1 is 1.14 bits per heavy atom. The lowest BCUT2D eigenvalue weighted by molar-refractivity contribution is 0.0793. The summed E-state index contributed by atoms with van der Waals surface area (Å²) in [4.78, 5) is 29.6. The number of rotatable bonds is 4. The number of allylic oxidation sites excluding steroid dienone is 1. The Balaban J connectivity index is 1.57. The van der Waals surface area contributed by atoms with Crippen molar-refractivity contribution in [3.05, 3.63) is 82.0 Å². The van der Waals surface area contributed by atoms with Crippen molar-refractivity contribution in [2.75, 3.05) is 18.4 Å². The van der Waals surface area contributed by atoms with Crippen molar-refractivity contribution in [1.29, 1.82) is 0 Å². The van der Waals surface area contributed by atoms with E-state index in [0.717, 1.165) is 31.6 Å². The van der Waals surface area contributed by atoms with E-state index in [2.05, 4.69) is 10.3 Å². The number of pyridine rings is 1. The Bertz CT molecular complexity index is 1160. The maximum absolute atomic E-state index is 13.5. The second-order valence-electron chi connectivity index (χ2n) is 7.30. The summed E-state index contributed by atoms with van der Waals surface area (Å²) in [5, 5.41) is 3.79. The normalized spacial score (nSPS) is 14.4. The predicted octanol–water partition coefficient (Wildman–Crippen LogP) is 4.38. The number of amides is 1. The minimum absolute atomic E-state index is 0.0415. The van der Waals surface area contributed by atoms with Crippen LogP contribution in [-0.4, -0.2) is 28.9 Å². The lowest BCUT2D eigenvalue weighted by Gasteiger charge is -2.15. The van der Waals surface area contributed by atoms with Crippen LogP contribution in [0.2, 0.25) is 0 Å². The van der Waals surface area contributed by atoms with Crippen molar-refractivity contribution in [2.45, 2.75) is 19.8 Å². The monoisotopic (exact) mass is 391 g/mol. The zero-order chi connectivity index (χ0) is 20.4. The number of carbonyl (C=O) groups is 1. The number of hydrogen-bond acceptors (Lipinski definition) is 3. The van der Waals surface area contributed by atoms with E-state index in [1.807, 2.05) is 36.1 Å². The summed E-state index contributed by atoms with van der Waals surface area (Å²) in [7, 11) is 0. The van der Waals surface area contributed by atoms with Crippen molar-refractivity contribution in [3.8, 4) is 0 Å². The quantitative estimate of drug-likeness (QED) is 0.694. The highest BCUT2D eigenvalue weighted by Gasteiger charge is 2.19. The molecule has 0 radical (unpaired) electrons. The highest BCUT2D eigenvalue weighted by molar-refractivity contribution is 5.95. The lowest BCUT2D eigenvalue weighted by Crippen LogP contribution is -2.27. The maximum atomic E-state index is 13.5. The first-order valence-corrected chi connectivity index (χ1v) is 9.67. The number of aromatic nitrogens is 1. The van der Waals surface area contributed by atoms with Crippen LogP contribution in [0.4, 0.5) is 10.1 Å². The molecule has 29 heavy (non-hydrogen) atoms. The standard InChI is InChI=1S/C23H22FN3O2/c1-15(20-13-17-11-18(24)7-8-21(17)26-22(20)28)14-25-19-6-4-5-16(12-19)23(29)27-9-2-3-10-27/h4-8,11-14,25H,2-3,9-10H2,1H3,(H,26,28)/b15-14+. The summed E-state index contributed by atoms with van der Waals surface area (Å²) in [6.07, 6.45) is 3.82. The average molecular weight is 391 g/mol. The number of nitrogens with one attached hydrogen (secondary N) is 2. The smallest absolute Gasteiger partial charge is 0.256 e. The van der Waals surface area contributed by atoms with Gasteiger partial charge in [0.1, 0.15) is 5.82 Å². The third kappa shape index (κ3) is 4.06. The first-order valence-electron chi connectivity index (χ1n) is 9.67. The average Bonchev–Trinajstić information content (AvgIpc) is 3.26. The molecule has 0 spiro atoms. The molecule has 2 heterocycles. The molecule has 1 aromatic heterocycles. The number of H-pyrrole nitrogens is 1. The predicted molar refractivity (Wildman–Crippen MR) is 113 cm³/mol. The fourth-order valence-corrected chi connectivity index (χ4v) is 3.58. The summed E-state index contributed by atoms with van der Waals surface area (Å²) in [6, 6.07) is 13.3. The Morgan fingerprint density at radius 2 is 1.93 bits per heavy atom. The minimum Gasteiger partial charge on any atom is -0.361 e. The molecule has 1 amide bonds. The van der Waals surface area contributed by atoms with E-state index in [0.29, 0.717) is 27.6 Å². The molecule has 2 aromatic carbocycles. The number of anilines is 1. The first kappa shape index (κ1) is 18.9. The van der Waals surface area contributed by atoms with Gasteiger partial charge in [0, 0.05) is 47.0 Å². The fraction of sp³-hybridized carbons (Fsp3) is 0.217. The molecule has 1 saturated heterocycles. The van der Waals surface area contributed by atoms with Gasteiger partial charge in [0.05, 0.1) is 0 Å². The van der Waals surface area contributed by atoms with Crippen LogP contribution in [-0.2, 0) is 0 Å². The molecule has 1 fully saturated rings. The van der Waals surface area contributed by atoms with Crippen LogP contribution < -0.4 is 10.9 Å².